The highest BCUT2D eigenvalue weighted by Crippen LogP contribution is 1.97. The maximum atomic E-state index is 10.8. The van der Waals surface area contributed by atoms with E-state index in [4.69, 9.17) is 5.11 Å². The van der Waals surface area contributed by atoms with Crippen molar-refractivity contribution in [2.24, 2.45) is 0 Å². The molecule has 1 atom stereocenters. The third-order valence-electron chi connectivity index (χ3n) is 1.19. The van der Waals surface area contributed by atoms with Crippen LogP contribution in [0.5, 0.6) is 0 Å². The minimum absolute atomic E-state index is 0.236. The van der Waals surface area contributed by atoms with Gasteiger partial charge in [0.25, 0.3) is 0 Å². The summed E-state index contributed by atoms with van der Waals surface area (Å²) in [4.78, 5) is 10.8. The number of allylic oxidation sites excluding steroid dienone is 1. The van der Waals surface area contributed by atoms with E-state index in [-0.39, 0.29) is 12.4 Å². The minimum Gasteiger partial charge on any atom is -0.426 e. The number of carbonyl (C=O) groups is 1. The van der Waals surface area contributed by atoms with Gasteiger partial charge >= 0.3 is 5.97 Å². The van der Waals surface area contributed by atoms with Crippen LogP contribution < -0.4 is 0 Å². The highest BCUT2D eigenvalue weighted by molar-refractivity contribution is 5.69. The van der Waals surface area contributed by atoms with Crippen molar-refractivity contribution in [3.63, 3.8) is 0 Å². The third kappa shape index (κ3) is 7.06. The van der Waals surface area contributed by atoms with Crippen molar-refractivity contribution < 1.29 is 14.6 Å². The molecule has 0 saturated carbocycles. The van der Waals surface area contributed by atoms with Gasteiger partial charge in [-0.1, -0.05) is 5.73 Å². The van der Waals surface area contributed by atoms with E-state index >= 15 is 0 Å². The predicted molar refractivity (Wildman–Crippen MR) is 45.3 cm³/mol. The molecule has 0 aromatic rings. The Morgan fingerprint density at radius 3 is 2.92 bits per heavy atom. The third-order valence-corrected chi connectivity index (χ3v) is 1.19. The first-order valence-corrected chi connectivity index (χ1v) is 3.90. The lowest BCUT2D eigenvalue weighted by molar-refractivity contribution is -0.138. The van der Waals surface area contributed by atoms with Gasteiger partial charge in [0, 0.05) is 6.42 Å². The van der Waals surface area contributed by atoms with Gasteiger partial charge in [0.1, 0.15) is 6.26 Å². The number of ether oxygens (including phenoxy) is 1. The smallest absolute Gasteiger partial charge is 0.311 e. The van der Waals surface area contributed by atoms with Gasteiger partial charge in [-0.25, -0.2) is 0 Å². The molecule has 3 nitrogen and oxygen atoms in total. The van der Waals surface area contributed by atoms with Crippen LogP contribution in [0.4, 0.5) is 0 Å². The highest BCUT2D eigenvalue weighted by atomic mass is 16.5. The first kappa shape index (κ1) is 11.0. The number of aliphatic hydroxyl groups excluding tert-OH is 1. The second kappa shape index (κ2) is 6.65. The molecule has 0 rings (SSSR count). The highest BCUT2D eigenvalue weighted by Gasteiger charge is 2.03. The number of esters is 1. The zero-order chi connectivity index (χ0) is 9.40. The SMILES string of the molecule is CC=C=COC(=O)CCC(C)O. The maximum absolute atomic E-state index is 10.8. The van der Waals surface area contributed by atoms with E-state index in [0.717, 1.165) is 0 Å². The van der Waals surface area contributed by atoms with Crippen molar-refractivity contribution in [3.05, 3.63) is 18.1 Å². The van der Waals surface area contributed by atoms with Gasteiger partial charge in [0.2, 0.25) is 0 Å². The molecule has 0 heterocycles. The molecule has 0 fully saturated rings. The van der Waals surface area contributed by atoms with Crippen LogP contribution in [0.15, 0.2) is 18.1 Å². The molecule has 1 N–H and O–H groups in total. The molecule has 0 aliphatic rings. The van der Waals surface area contributed by atoms with Gasteiger partial charge in [-0.2, -0.15) is 0 Å². The number of hydrogen-bond donors (Lipinski definition) is 1. The maximum Gasteiger partial charge on any atom is 0.311 e. The molecule has 0 aliphatic heterocycles. The van der Waals surface area contributed by atoms with Gasteiger partial charge in [-0.3, -0.25) is 4.79 Å². The van der Waals surface area contributed by atoms with Crippen LogP contribution in [0, 0.1) is 0 Å². The Morgan fingerprint density at radius 2 is 2.42 bits per heavy atom. The lowest BCUT2D eigenvalue weighted by atomic mass is 10.2. The summed E-state index contributed by atoms with van der Waals surface area (Å²) in [5.41, 5.74) is 2.61. The standard InChI is InChI=1S/C9H14O3/c1-3-4-7-12-9(11)6-5-8(2)10/h3,7-8,10H,5-6H2,1-2H3. The van der Waals surface area contributed by atoms with Crippen molar-refractivity contribution in [1.82, 2.24) is 0 Å². The van der Waals surface area contributed by atoms with Gasteiger partial charge in [-0.05, 0) is 26.3 Å². The predicted octanol–water partition coefficient (Wildman–Crippen LogP) is 1.38. The first-order valence-electron chi connectivity index (χ1n) is 3.90. The molecular weight excluding hydrogens is 156 g/mol. The molecule has 1 unspecified atom stereocenters. The molecule has 0 amide bonds. The summed E-state index contributed by atoms with van der Waals surface area (Å²) < 4.78 is 4.62. The van der Waals surface area contributed by atoms with Gasteiger partial charge in [0.15, 0.2) is 0 Å². The second-order valence-electron chi connectivity index (χ2n) is 2.45. The van der Waals surface area contributed by atoms with Crippen molar-refractivity contribution in [2.45, 2.75) is 32.8 Å². The van der Waals surface area contributed by atoms with Crippen LogP contribution >= 0.6 is 0 Å². The van der Waals surface area contributed by atoms with Crippen LogP contribution in [0.1, 0.15) is 26.7 Å². The van der Waals surface area contributed by atoms with E-state index in [2.05, 4.69) is 10.5 Å². The van der Waals surface area contributed by atoms with E-state index in [0.29, 0.717) is 6.42 Å². The van der Waals surface area contributed by atoms with Crippen LogP contribution in [0.25, 0.3) is 0 Å². The normalized spacial score (nSPS) is 11.2. The van der Waals surface area contributed by atoms with Crippen molar-refractivity contribution in [1.29, 1.82) is 0 Å². The van der Waals surface area contributed by atoms with E-state index < -0.39 is 6.10 Å². The van der Waals surface area contributed by atoms with Gasteiger partial charge in [-0.15, -0.1) is 0 Å². The van der Waals surface area contributed by atoms with Crippen molar-refractivity contribution >= 4 is 5.97 Å². The monoisotopic (exact) mass is 170 g/mol. The fraction of sp³-hybridized carbons (Fsp3) is 0.556. The summed E-state index contributed by atoms with van der Waals surface area (Å²) in [7, 11) is 0. The molecule has 68 valence electrons. The Hall–Kier alpha value is -1.05. The van der Waals surface area contributed by atoms with E-state index in [1.165, 1.54) is 6.26 Å². The summed E-state index contributed by atoms with van der Waals surface area (Å²) in [5.74, 6) is -0.342. The summed E-state index contributed by atoms with van der Waals surface area (Å²) >= 11 is 0. The summed E-state index contributed by atoms with van der Waals surface area (Å²) in [6, 6.07) is 0. The van der Waals surface area contributed by atoms with Crippen LogP contribution in [0.2, 0.25) is 0 Å². The molecule has 0 radical (unpaired) electrons. The zero-order valence-corrected chi connectivity index (χ0v) is 7.41. The average molecular weight is 170 g/mol. The van der Waals surface area contributed by atoms with E-state index in [1.807, 2.05) is 0 Å². The quantitative estimate of drug-likeness (QED) is 0.394. The van der Waals surface area contributed by atoms with E-state index in [1.54, 1.807) is 19.9 Å². The molecule has 3 heteroatoms. The van der Waals surface area contributed by atoms with Crippen LogP contribution in [0.3, 0.4) is 0 Å². The van der Waals surface area contributed by atoms with Crippen molar-refractivity contribution in [2.75, 3.05) is 0 Å². The van der Waals surface area contributed by atoms with Gasteiger partial charge in [0.05, 0.1) is 6.10 Å². The van der Waals surface area contributed by atoms with Crippen LogP contribution in [-0.4, -0.2) is 17.2 Å². The molecule has 0 spiro atoms. The Kier molecular flexibility index (Phi) is 6.07. The molecule has 12 heavy (non-hydrogen) atoms. The first-order chi connectivity index (χ1) is 5.66. The number of rotatable bonds is 4. The van der Waals surface area contributed by atoms with Crippen molar-refractivity contribution in [3.8, 4) is 0 Å². The Labute approximate surface area is 72.3 Å². The van der Waals surface area contributed by atoms with Gasteiger partial charge < -0.3 is 9.84 Å². The lowest BCUT2D eigenvalue weighted by Crippen LogP contribution is -2.05. The number of hydrogen-bond acceptors (Lipinski definition) is 3. The molecule has 0 aromatic carbocycles. The Bertz CT molecular complexity index is 188. The fourth-order valence-electron chi connectivity index (χ4n) is 0.553. The Balaban J connectivity index is 3.54. The summed E-state index contributed by atoms with van der Waals surface area (Å²) in [5, 5.41) is 8.83. The topological polar surface area (TPSA) is 46.5 Å². The largest absolute Gasteiger partial charge is 0.426 e. The van der Waals surface area contributed by atoms with E-state index in [9.17, 15) is 4.79 Å². The second-order valence-corrected chi connectivity index (χ2v) is 2.45. The Morgan fingerprint density at radius 1 is 1.75 bits per heavy atom. The van der Waals surface area contributed by atoms with Crippen LogP contribution in [-0.2, 0) is 9.53 Å². The molecule has 0 saturated heterocycles. The average Bonchev–Trinajstić information content (AvgIpc) is 2.01. The number of aliphatic hydroxyl groups is 1. The molecule has 0 aliphatic carbocycles. The molecule has 0 aromatic heterocycles. The number of carbonyl (C=O) groups excluding carboxylic acids is 1. The summed E-state index contributed by atoms with van der Waals surface area (Å²) in [6.07, 6.45) is 3.07. The molecular formula is C9H14O3. The lowest BCUT2D eigenvalue weighted by Gasteiger charge is -2.00. The zero-order valence-electron chi connectivity index (χ0n) is 7.41. The molecule has 0 bridgehead atoms. The minimum atomic E-state index is -0.455. The fourth-order valence-corrected chi connectivity index (χ4v) is 0.553. The summed E-state index contributed by atoms with van der Waals surface area (Å²) in [6.45, 7) is 3.41.